The van der Waals surface area contributed by atoms with Gasteiger partial charge >= 0.3 is 0 Å². The maximum atomic E-state index is 12.3. The zero-order valence-corrected chi connectivity index (χ0v) is 15.4. The summed E-state index contributed by atoms with van der Waals surface area (Å²) in [6, 6.07) is 7.15. The predicted molar refractivity (Wildman–Crippen MR) is 98.9 cm³/mol. The van der Waals surface area contributed by atoms with Gasteiger partial charge in [-0.15, -0.1) is 0 Å². The van der Waals surface area contributed by atoms with Crippen molar-refractivity contribution in [2.45, 2.75) is 38.5 Å². The molecule has 5 nitrogen and oxygen atoms in total. The van der Waals surface area contributed by atoms with Gasteiger partial charge in [-0.3, -0.25) is 9.59 Å². The molecule has 26 heavy (non-hydrogen) atoms. The normalized spacial score (nSPS) is 25.3. The minimum atomic E-state index is -0.0479. The third-order valence-corrected chi connectivity index (χ3v) is 6.29. The lowest BCUT2D eigenvalue weighted by atomic mass is 10.0. The second-order valence-electron chi connectivity index (χ2n) is 8.30. The fraction of sp³-hybridized carbons (Fsp3) is 0.619. The van der Waals surface area contributed by atoms with Crippen molar-refractivity contribution in [3.05, 3.63) is 29.8 Å². The smallest absolute Gasteiger partial charge is 0.251 e. The van der Waals surface area contributed by atoms with Gasteiger partial charge in [-0.1, -0.05) is 0 Å². The van der Waals surface area contributed by atoms with E-state index in [-0.39, 0.29) is 23.1 Å². The zero-order chi connectivity index (χ0) is 18.1. The van der Waals surface area contributed by atoms with E-state index in [1.165, 1.54) is 12.8 Å². The number of amides is 2. The standard InChI is InChI=1S/C21H28N2O3/c1-26-16-6-4-15(5-7-16)19(24)23-13-21(8-9-21)10-11-22-20(25)18-12-17(18)14-2-3-14/h4-7,14,17-18H,2-3,8-13H2,1H3,(H,22,25)(H,23,24)/t17-,18+/m0/s1. The Balaban J connectivity index is 1.17. The second kappa shape index (κ2) is 6.93. The van der Waals surface area contributed by atoms with Crippen molar-refractivity contribution < 1.29 is 14.3 Å². The maximum Gasteiger partial charge on any atom is 0.251 e. The highest BCUT2D eigenvalue weighted by Crippen LogP contribution is 2.54. The van der Waals surface area contributed by atoms with Crippen LogP contribution in [0.15, 0.2) is 24.3 Å². The van der Waals surface area contributed by atoms with E-state index in [1.807, 2.05) is 0 Å². The van der Waals surface area contributed by atoms with Gasteiger partial charge in [0.05, 0.1) is 7.11 Å². The first-order valence-electron chi connectivity index (χ1n) is 9.80. The average Bonchev–Trinajstić information content (AvgIpc) is 3.52. The topological polar surface area (TPSA) is 67.4 Å². The van der Waals surface area contributed by atoms with E-state index in [0.29, 0.717) is 18.0 Å². The molecule has 2 atom stereocenters. The molecule has 0 heterocycles. The molecule has 3 aliphatic carbocycles. The van der Waals surface area contributed by atoms with E-state index in [4.69, 9.17) is 4.74 Å². The van der Waals surface area contributed by atoms with E-state index in [1.54, 1.807) is 31.4 Å². The Bertz CT molecular complexity index is 677. The van der Waals surface area contributed by atoms with Gasteiger partial charge in [0.2, 0.25) is 5.91 Å². The Kier molecular flexibility index (Phi) is 4.63. The molecular weight excluding hydrogens is 328 g/mol. The fourth-order valence-electron chi connectivity index (χ4n) is 3.95. The van der Waals surface area contributed by atoms with Crippen molar-refractivity contribution in [1.82, 2.24) is 10.6 Å². The second-order valence-corrected chi connectivity index (χ2v) is 8.30. The zero-order valence-electron chi connectivity index (χ0n) is 15.4. The summed E-state index contributed by atoms with van der Waals surface area (Å²) in [6.45, 7) is 1.41. The van der Waals surface area contributed by atoms with Crippen LogP contribution in [0.5, 0.6) is 5.75 Å². The van der Waals surface area contributed by atoms with Gasteiger partial charge in [0, 0.05) is 24.6 Å². The molecule has 3 fully saturated rings. The van der Waals surface area contributed by atoms with E-state index >= 15 is 0 Å². The van der Waals surface area contributed by atoms with Crippen LogP contribution in [0.25, 0.3) is 0 Å². The van der Waals surface area contributed by atoms with Crippen molar-refractivity contribution in [1.29, 1.82) is 0 Å². The molecule has 1 aromatic rings. The van der Waals surface area contributed by atoms with Crippen LogP contribution in [0.1, 0.15) is 48.9 Å². The molecule has 3 aliphatic rings. The Morgan fingerprint density at radius 3 is 2.50 bits per heavy atom. The summed E-state index contributed by atoms with van der Waals surface area (Å²) in [5.74, 6) is 2.75. The molecule has 0 radical (unpaired) electrons. The highest BCUT2D eigenvalue weighted by molar-refractivity contribution is 5.94. The quantitative estimate of drug-likeness (QED) is 0.715. The third-order valence-electron chi connectivity index (χ3n) is 6.29. The Morgan fingerprint density at radius 1 is 1.15 bits per heavy atom. The summed E-state index contributed by atoms with van der Waals surface area (Å²) >= 11 is 0. The minimum Gasteiger partial charge on any atom is -0.497 e. The molecule has 1 aromatic carbocycles. The summed E-state index contributed by atoms with van der Waals surface area (Å²) in [5, 5.41) is 6.17. The maximum absolute atomic E-state index is 12.3. The van der Waals surface area contributed by atoms with Crippen molar-refractivity contribution in [3.63, 3.8) is 0 Å². The molecule has 140 valence electrons. The van der Waals surface area contributed by atoms with Crippen LogP contribution >= 0.6 is 0 Å². The lowest BCUT2D eigenvalue weighted by molar-refractivity contribution is -0.122. The Morgan fingerprint density at radius 2 is 1.88 bits per heavy atom. The van der Waals surface area contributed by atoms with Crippen LogP contribution in [0, 0.1) is 23.2 Å². The first kappa shape index (κ1) is 17.4. The molecule has 0 spiro atoms. The van der Waals surface area contributed by atoms with E-state index < -0.39 is 0 Å². The molecule has 0 unspecified atom stereocenters. The van der Waals surface area contributed by atoms with Crippen LogP contribution in [0.4, 0.5) is 0 Å². The van der Waals surface area contributed by atoms with Gasteiger partial charge in [-0.2, -0.15) is 0 Å². The predicted octanol–water partition coefficient (Wildman–Crippen LogP) is 2.76. The first-order chi connectivity index (χ1) is 12.6. The molecule has 0 aliphatic heterocycles. The number of ether oxygens (including phenoxy) is 1. The summed E-state index contributed by atoms with van der Waals surface area (Å²) in [5.41, 5.74) is 0.823. The highest BCUT2D eigenvalue weighted by Gasteiger charge is 2.51. The molecule has 0 bridgehead atoms. The average molecular weight is 356 g/mol. The van der Waals surface area contributed by atoms with Gasteiger partial charge in [-0.05, 0) is 80.0 Å². The van der Waals surface area contributed by atoms with Gasteiger partial charge < -0.3 is 15.4 Å². The lowest BCUT2D eigenvalue weighted by Crippen LogP contribution is -2.33. The number of methoxy groups -OCH3 is 1. The van der Waals surface area contributed by atoms with Crippen LogP contribution < -0.4 is 15.4 Å². The van der Waals surface area contributed by atoms with Gasteiger partial charge in [-0.25, -0.2) is 0 Å². The van der Waals surface area contributed by atoms with Crippen molar-refractivity contribution in [2.24, 2.45) is 23.2 Å². The van der Waals surface area contributed by atoms with Gasteiger partial charge in [0.15, 0.2) is 0 Å². The van der Waals surface area contributed by atoms with Crippen LogP contribution in [-0.2, 0) is 4.79 Å². The number of rotatable bonds is 9. The van der Waals surface area contributed by atoms with Crippen molar-refractivity contribution in [2.75, 3.05) is 20.2 Å². The molecule has 2 amide bonds. The summed E-state index contributed by atoms with van der Waals surface area (Å²) < 4.78 is 5.11. The SMILES string of the molecule is COc1ccc(C(=O)NCC2(CCNC(=O)[C@@H]3C[C@H]3C3CC3)CC2)cc1. The van der Waals surface area contributed by atoms with Crippen molar-refractivity contribution >= 4 is 11.8 Å². The largest absolute Gasteiger partial charge is 0.497 e. The number of nitrogens with one attached hydrogen (secondary N) is 2. The fourth-order valence-corrected chi connectivity index (χ4v) is 3.95. The third kappa shape index (κ3) is 4.02. The number of hydrogen-bond donors (Lipinski definition) is 2. The summed E-state index contributed by atoms with van der Waals surface area (Å²) in [6.07, 6.45) is 6.94. The number of hydrogen-bond acceptors (Lipinski definition) is 3. The summed E-state index contributed by atoms with van der Waals surface area (Å²) in [4.78, 5) is 24.4. The Labute approximate surface area is 154 Å². The molecule has 2 N–H and O–H groups in total. The number of carbonyl (C=O) groups is 2. The monoisotopic (exact) mass is 356 g/mol. The van der Waals surface area contributed by atoms with E-state index in [0.717, 1.165) is 43.9 Å². The molecule has 5 heteroatoms. The van der Waals surface area contributed by atoms with E-state index in [9.17, 15) is 9.59 Å². The van der Waals surface area contributed by atoms with Gasteiger partial charge in [0.25, 0.3) is 5.91 Å². The van der Waals surface area contributed by atoms with E-state index in [2.05, 4.69) is 10.6 Å². The van der Waals surface area contributed by atoms with Crippen LogP contribution in [0.3, 0.4) is 0 Å². The lowest BCUT2D eigenvalue weighted by Gasteiger charge is -2.16. The van der Waals surface area contributed by atoms with Crippen molar-refractivity contribution in [3.8, 4) is 5.75 Å². The Hall–Kier alpha value is -2.04. The van der Waals surface area contributed by atoms with Crippen LogP contribution in [-0.4, -0.2) is 32.0 Å². The summed E-state index contributed by atoms with van der Waals surface area (Å²) in [7, 11) is 1.61. The molecule has 0 aromatic heterocycles. The number of benzene rings is 1. The molecular formula is C21H28N2O3. The highest BCUT2D eigenvalue weighted by atomic mass is 16.5. The van der Waals surface area contributed by atoms with Crippen LogP contribution in [0.2, 0.25) is 0 Å². The molecule has 0 saturated heterocycles. The minimum absolute atomic E-state index is 0.0479. The molecule has 3 saturated carbocycles. The van der Waals surface area contributed by atoms with Gasteiger partial charge in [0.1, 0.15) is 5.75 Å². The number of carbonyl (C=O) groups excluding carboxylic acids is 2. The molecule has 4 rings (SSSR count). The first-order valence-corrected chi connectivity index (χ1v) is 9.80.